The van der Waals surface area contributed by atoms with Crippen molar-refractivity contribution in [2.45, 2.75) is 31.8 Å². The van der Waals surface area contributed by atoms with E-state index < -0.39 is 0 Å². The van der Waals surface area contributed by atoms with Crippen LogP contribution in [0.1, 0.15) is 25.8 Å². The number of hydrogen-bond acceptors (Lipinski definition) is 4. The number of anilines is 1. The van der Waals surface area contributed by atoms with Crippen molar-refractivity contribution in [3.63, 3.8) is 0 Å². The van der Waals surface area contributed by atoms with Gasteiger partial charge in [-0.15, -0.1) is 0 Å². The van der Waals surface area contributed by atoms with E-state index in [-0.39, 0.29) is 0 Å². The zero-order chi connectivity index (χ0) is 13.0. The van der Waals surface area contributed by atoms with E-state index in [1.54, 1.807) is 7.11 Å². The first-order valence-electron chi connectivity index (χ1n) is 6.68. The molecular weight excluding hydrogens is 228 g/mol. The number of ether oxygens (including phenoxy) is 1. The Morgan fingerprint density at radius 3 is 3.11 bits per heavy atom. The highest BCUT2D eigenvalue weighted by atomic mass is 16.5. The summed E-state index contributed by atoms with van der Waals surface area (Å²) in [6, 6.07) is 1.20. The fourth-order valence-corrected chi connectivity index (χ4v) is 2.53. The maximum Gasteiger partial charge on any atom is 0.203 e. The van der Waals surface area contributed by atoms with Crippen LogP contribution in [0.3, 0.4) is 0 Å². The third kappa shape index (κ3) is 3.03. The number of methoxy groups -OCH3 is 1. The van der Waals surface area contributed by atoms with Gasteiger partial charge in [-0.25, -0.2) is 4.98 Å². The molecule has 0 saturated carbocycles. The van der Waals surface area contributed by atoms with Gasteiger partial charge in [0.15, 0.2) is 0 Å². The highest BCUT2D eigenvalue weighted by Crippen LogP contribution is 2.28. The Hall–Kier alpha value is -1.07. The van der Waals surface area contributed by atoms with Gasteiger partial charge >= 0.3 is 0 Å². The summed E-state index contributed by atoms with van der Waals surface area (Å²) in [6.07, 6.45) is 6.33. The molecule has 102 valence electrons. The zero-order valence-corrected chi connectivity index (χ0v) is 11.6. The molecule has 1 N–H and O–H groups in total. The molecule has 1 saturated heterocycles. The summed E-state index contributed by atoms with van der Waals surface area (Å²) in [5.74, 6) is 0.966. The summed E-state index contributed by atoms with van der Waals surface area (Å²) in [7, 11) is 3.92. The molecule has 18 heavy (non-hydrogen) atoms. The van der Waals surface area contributed by atoms with Gasteiger partial charge in [-0.2, -0.15) is 0 Å². The molecule has 1 aromatic heterocycles. The van der Waals surface area contributed by atoms with Gasteiger partial charge in [-0.3, -0.25) is 0 Å². The molecule has 1 fully saturated rings. The zero-order valence-electron chi connectivity index (χ0n) is 11.6. The summed E-state index contributed by atoms with van der Waals surface area (Å²) in [6.45, 7) is 4.95. The molecule has 5 heteroatoms. The number of nitrogens with one attached hydrogen (secondary N) is 1. The standard InChI is InChI=1S/C13H24N4O/c1-11-10-12(4-7-16(11)2)17-8-5-14-13(17)15-6-9-18-3/h5,8,11-12H,4,6-7,9-10H2,1-3H3,(H,14,15). The quantitative estimate of drug-likeness (QED) is 0.808. The minimum absolute atomic E-state index is 0.559. The van der Waals surface area contributed by atoms with Crippen LogP contribution in [0.2, 0.25) is 0 Å². The first kappa shape index (κ1) is 13.4. The average Bonchev–Trinajstić information content (AvgIpc) is 2.81. The molecule has 1 aliphatic heterocycles. The summed E-state index contributed by atoms with van der Waals surface area (Å²) >= 11 is 0. The largest absolute Gasteiger partial charge is 0.383 e. The van der Waals surface area contributed by atoms with Crippen molar-refractivity contribution >= 4 is 5.95 Å². The molecule has 0 aliphatic carbocycles. The normalized spacial score (nSPS) is 25.3. The lowest BCUT2D eigenvalue weighted by atomic mass is 9.99. The number of rotatable bonds is 5. The Morgan fingerprint density at radius 1 is 1.56 bits per heavy atom. The van der Waals surface area contributed by atoms with Crippen molar-refractivity contribution in [3.8, 4) is 0 Å². The van der Waals surface area contributed by atoms with Crippen molar-refractivity contribution in [3.05, 3.63) is 12.4 Å². The van der Waals surface area contributed by atoms with Gasteiger partial charge in [0.2, 0.25) is 5.95 Å². The number of imidazole rings is 1. The van der Waals surface area contributed by atoms with E-state index in [4.69, 9.17) is 4.74 Å². The lowest BCUT2D eigenvalue weighted by molar-refractivity contribution is 0.157. The molecule has 2 atom stereocenters. The van der Waals surface area contributed by atoms with Gasteiger partial charge < -0.3 is 19.5 Å². The van der Waals surface area contributed by atoms with Gasteiger partial charge in [0, 0.05) is 44.7 Å². The van der Waals surface area contributed by atoms with Crippen LogP contribution in [0.5, 0.6) is 0 Å². The molecule has 0 radical (unpaired) electrons. The van der Waals surface area contributed by atoms with Crippen molar-refractivity contribution in [1.29, 1.82) is 0 Å². The van der Waals surface area contributed by atoms with Crippen molar-refractivity contribution < 1.29 is 4.74 Å². The minimum atomic E-state index is 0.559. The molecule has 0 aromatic carbocycles. The maximum atomic E-state index is 5.05. The Labute approximate surface area is 109 Å². The molecule has 2 heterocycles. The molecule has 0 bridgehead atoms. The monoisotopic (exact) mass is 252 g/mol. The Morgan fingerprint density at radius 2 is 2.39 bits per heavy atom. The van der Waals surface area contributed by atoms with Crippen molar-refractivity contribution in [2.24, 2.45) is 0 Å². The van der Waals surface area contributed by atoms with E-state index >= 15 is 0 Å². The number of piperidine rings is 1. The van der Waals surface area contributed by atoms with Crippen LogP contribution in [-0.4, -0.2) is 54.3 Å². The van der Waals surface area contributed by atoms with Gasteiger partial charge in [-0.05, 0) is 26.8 Å². The maximum absolute atomic E-state index is 5.05. The van der Waals surface area contributed by atoms with E-state index in [9.17, 15) is 0 Å². The van der Waals surface area contributed by atoms with Gasteiger partial charge in [-0.1, -0.05) is 0 Å². The summed E-state index contributed by atoms with van der Waals surface area (Å²) in [5.41, 5.74) is 0. The van der Waals surface area contributed by atoms with Crippen LogP contribution in [0.15, 0.2) is 12.4 Å². The Balaban J connectivity index is 1.98. The predicted octanol–water partition coefficient (Wildman–Crippen LogP) is 1.60. The predicted molar refractivity (Wildman–Crippen MR) is 73.0 cm³/mol. The summed E-state index contributed by atoms with van der Waals surface area (Å²) < 4.78 is 7.33. The number of likely N-dealkylation sites (tertiary alicyclic amines) is 1. The molecule has 1 aliphatic rings. The van der Waals surface area contributed by atoms with Crippen LogP contribution >= 0.6 is 0 Å². The molecule has 2 rings (SSSR count). The topological polar surface area (TPSA) is 42.3 Å². The third-order valence-corrected chi connectivity index (χ3v) is 3.83. The Bertz CT molecular complexity index is 366. The first-order valence-corrected chi connectivity index (χ1v) is 6.68. The van der Waals surface area contributed by atoms with E-state index in [0.717, 1.165) is 19.0 Å². The SMILES string of the molecule is COCCNc1nccn1C1CCN(C)C(C)C1. The van der Waals surface area contributed by atoms with Crippen LogP contribution in [0.4, 0.5) is 5.95 Å². The van der Waals surface area contributed by atoms with Crippen molar-refractivity contribution in [1.82, 2.24) is 14.5 Å². The van der Waals surface area contributed by atoms with Gasteiger partial charge in [0.1, 0.15) is 0 Å². The molecular formula is C13H24N4O. The average molecular weight is 252 g/mol. The summed E-state index contributed by atoms with van der Waals surface area (Å²) in [5, 5.41) is 3.33. The van der Waals surface area contributed by atoms with Crippen molar-refractivity contribution in [2.75, 3.05) is 39.2 Å². The highest BCUT2D eigenvalue weighted by Gasteiger charge is 2.25. The highest BCUT2D eigenvalue weighted by molar-refractivity contribution is 5.26. The number of nitrogens with zero attached hydrogens (tertiary/aromatic N) is 3. The fraction of sp³-hybridized carbons (Fsp3) is 0.769. The molecule has 1 aromatic rings. The van der Waals surface area contributed by atoms with Crippen LogP contribution in [0, 0.1) is 0 Å². The van der Waals surface area contributed by atoms with E-state index in [1.807, 2.05) is 6.20 Å². The number of hydrogen-bond donors (Lipinski definition) is 1. The first-order chi connectivity index (χ1) is 8.72. The van der Waals surface area contributed by atoms with Crippen LogP contribution < -0.4 is 5.32 Å². The van der Waals surface area contributed by atoms with E-state index in [2.05, 4.69) is 39.9 Å². The molecule has 0 amide bonds. The molecule has 5 nitrogen and oxygen atoms in total. The number of aromatic nitrogens is 2. The Kier molecular flexibility index (Phi) is 4.60. The van der Waals surface area contributed by atoms with Crippen LogP contribution in [0.25, 0.3) is 0 Å². The second-order valence-corrected chi connectivity index (χ2v) is 5.09. The second kappa shape index (κ2) is 6.20. The smallest absolute Gasteiger partial charge is 0.203 e. The molecule has 2 unspecified atom stereocenters. The van der Waals surface area contributed by atoms with Gasteiger partial charge in [0.05, 0.1) is 6.61 Å². The van der Waals surface area contributed by atoms with E-state index in [1.165, 1.54) is 12.8 Å². The lowest BCUT2D eigenvalue weighted by Gasteiger charge is -2.36. The lowest BCUT2D eigenvalue weighted by Crippen LogP contribution is -2.38. The van der Waals surface area contributed by atoms with Crippen LogP contribution in [-0.2, 0) is 4.74 Å². The summed E-state index contributed by atoms with van der Waals surface area (Å²) in [4.78, 5) is 6.81. The van der Waals surface area contributed by atoms with E-state index in [0.29, 0.717) is 18.7 Å². The second-order valence-electron chi connectivity index (χ2n) is 5.09. The minimum Gasteiger partial charge on any atom is -0.383 e. The molecule has 0 spiro atoms. The third-order valence-electron chi connectivity index (χ3n) is 3.83. The van der Waals surface area contributed by atoms with Gasteiger partial charge in [0.25, 0.3) is 0 Å². The fourth-order valence-electron chi connectivity index (χ4n) is 2.53.